The van der Waals surface area contributed by atoms with Crippen molar-refractivity contribution < 1.29 is 4.79 Å². The van der Waals surface area contributed by atoms with E-state index in [1.807, 2.05) is 57.2 Å². The predicted octanol–water partition coefficient (Wildman–Crippen LogP) is 3.43. The van der Waals surface area contributed by atoms with Gasteiger partial charge in [0.2, 0.25) is 5.91 Å². The van der Waals surface area contributed by atoms with Crippen LogP contribution in [0.2, 0.25) is 0 Å². The minimum Gasteiger partial charge on any atom is -0.363 e. The summed E-state index contributed by atoms with van der Waals surface area (Å²) in [6.45, 7) is 5.40. The van der Waals surface area contributed by atoms with Gasteiger partial charge in [-0.1, -0.05) is 0 Å². The van der Waals surface area contributed by atoms with Crippen molar-refractivity contribution in [3.05, 3.63) is 60.7 Å². The van der Waals surface area contributed by atoms with Gasteiger partial charge in [0.25, 0.3) is 0 Å². The zero-order valence-corrected chi connectivity index (χ0v) is 18.7. The molecule has 162 valence electrons. The van der Waals surface area contributed by atoms with Crippen molar-refractivity contribution in [1.29, 1.82) is 0 Å². The van der Waals surface area contributed by atoms with E-state index in [4.69, 9.17) is 5.10 Å². The molecule has 0 aliphatic rings. The van der Waals surface area contributed by atoms with Gasteiger partial charge in [-0.3, -0.25) is 4.79 Å². The number of nitrogens with one attached hydrogen (secondary N) is 1. The zero-order valence-electron chi connectivity index (χ0n) is 18.7. The Morgan fingerprint density at radius 2 is 1.69 bits per heavy atom. The van der Waals surface area contributed by atoms with Crippen molar-refractivity contribution in [1.82, 2.24) is 29.7 Å². The molecule has 0 aromatic carbocycles. The lowest BCUT2D eigenvalue weighted by Crippen LogP contribution is -2.12. The Kier molecular flexibility index (Phi) is 5.63. The summed E-state index contributed by atoms with van der Waals surface area (Å²) in [4.78, 5) is 31.0. The maximum absolute atomic E-state index is 11.8. The average molecular weight is 429 g/mol. The molecule has 4 aromatic rings. The molecule has 0 bridgehead atoms. The van der Waals surface area contributed by atoms with E-state index in [0.29, 0.717) is 11.5 Å². The second-order valence-corrected chi connectivity index (χ2v) is 7.66. The fourth-order valence-electron chi connectivity index (χ4n) is 3.58. The van der Waals surface area contributed by atoms with Crippen LogP contribution in [0.25, 0.3) is 27.9 Å². The number of carbonyl (C=O) groups excluding carboxylic acids is 1. The van der Waals surface area contributed by atoms with Gasteiger partial charge in [0.1, 0.15) is 17.8 Å². The predicted molar refractivity (Wildman–Crippen MR) is 124 cm³/mol. The first-order valence-corrected chi connectivity index (χ1v) is 10.1. The summed E-state index contributed by atoms with van der Waals surface area (Å²) in [5.41, 5.74) is 6.03. The summed E-state index contributed by atoms with van der Waals surface area (Å²) in [7, 11) is 3.91. The second-order valence-electron chi connectivity index (χ2n) is 7.66. The molecule has 9 nitrogen and oxygen atoms in total. The van der Waals surface area contributed by atoms with Crippen LogP contribution in [0, 0.1) is 13.8 Å². The average Bonchev–Trinajstić information content (AvgIpc) is 3.08. The molecule has 0 aliphatic heterocycles. The minimum atomic E-state index is -0.209. The van der Waals surface area contributed by atoms with Gasteiger partial charge in [0.15, 0.2) is 5.82 Å². The number of pyridine rings is 2. The molecule has 4 aromatic heterocycles. The van der Waals surface area contributed by atoms with Crippen molar-refractivity contribution in [2.24, 2.45) is 0 Å². The fourth-order valence-corrected chi connectivity index (χ4v) is 3.58. The standard InChI is InChI=1S/C23H24N8O/c1-14-22(17-6-7-21(26-11-17)30(4)5)15(2)31(29-14)20-8-18(19-9-24-13-25-10-19)12-27-23(20)28-16(3)32/h6-13H,1-5H3,(H,27,28,32). The Morgan fingerprint density at radius 3 is 2.31 bits per heavy atom. The third kappa shape index (κ3) is 4.04. The van der Waals surface area contributed by atoms with Gasteiger partial charge in [-0.2, -0.15) is 5.10 Å². The van der Waals surface area contributed by atoms with Crippen LogP contribution in [0.1, 0.15) is 18.3 Å². The number of amides is 1. The van der Waals surface area contributed by atoms with Crippen molar-refractivity contribution in [3.63, 3.8) is 0 Å². The lowest BCUT2D eigenvalue weighted by Gasteiger charge is -2.13. The van der Waals surface area contributed by atoms with E-state index in [9.17, 15) is 4.79 Å². The van der Waals surface area contributed by atoms with Crippen molar-refractivity contribution in [2.75, 3.05) is 24.3 Å². The van der Waals surface area contributed by atoms with Gasteiger partial charge in [0.05, 0.1) is 5.69 Å². The first-order valence-electron chi connectivity index (χ1n) is 10.1. The highest BCUT2D eigenvalue weighted by atomic mass is 16.1. The Bertz CT molecular complexity index is 1260. The summed E-state index contributed by atoms with van der Waals surface area (Å²) in [5, 5.41) is 7.58. The molecule has 32 heavy (non-hydrogen) atoms. The van der Waals surface area contributed by atoms with Crippen LogP contribution in [0.5, 0.6) is 0 Å². The molecule has 0 aliphatic carbocycles. The fraction of sp³-hybridized carbons (Fsp3) is 0.217. The van der Waals surface area contributed by atoms with Gasteiger partial charge < -0.3 is 10.2 Å². The maximum atomic E-state index is 11.8. The van der Waals surface area contributed by atoms with E-state index >= 15 is 0 Å². The topological polar surface area (TPSA) is 102 Å². The van der Waals surface area contributed by atoms with E-state index in [1.54, 1.807) is 23.3 Å². The molecular formula is C23H24N8O. The van der Waals surface area contributed by atoms with Gasteiger partial charge in [-0.15, -0.1) is 0 Å². The van der Waals surface area contributed by atoms with Gasteiger partial charge in [-0.05, 0) is 32.0 Å². The number of carbonyl (C=O) groups is 1. The summed E-state index contributed by atoms with van der Waals surface area (Å²) >= 11 is 0. The molecule has 4 rings (SSSR count). The number of hydrogen-bond donors (Lipinski definition) is 1. The number of anilines is 2. The van der Waals surface area contributed by atoms with Crippen molar-refractivity contribution in [3.8, 4) is 27.9 Å². The highest BCUT2D eigenvalue weighted by Gasteiger charge is 2.19. The summed E-state index contributed by atoms with van der Waals surface area (Å²) in [5.74, 6) is 1.10. The largest absolute Gasteiger partial charge is 0.363 e. The molecule has 0 unspecified atom stereocenters. The molecule has 0 saturated heterocycles. The number of rotatable bonds is 5. The lowest BCUT2D eigenvalue weighted by atomic mass is 10.1. The minimum absolute atomic E-state index is 0.209. The monoisotopic (exact) mass is 428 g/mol. The molecule has 9 heteroatoms. The maximum Gasteiger partial charge on any atom is 0.222 e. The van der Waals surface area contributed by atoms with Gasteiger partial charge >= 0.3 is 0 Å². The molecule has 1 amide bonds. The number of aryl methyl sites for hydroxylation is 1. The lowest BCUT2D eigenvalue weighted by molar-refractivity contribution is -0.114. The first-order chi connectivity index (χ1) is 15.3. The third-order valence-electron chi connectivity index (χ3n) is 5.07. The van der Waals surface area contributed by atoms with E-state index in [1.165, 1.54) is 13.3 Å². The van der Waals surface area contributed by atoms with Crippen LogP contribution in [0.3, 0.4) is 0 Å². The van der Waals surface area contributed by atoms with E-state index in [0.717, 1.165) is 39.5 Å². The van der Waals surface area contributed by atoms with Crippen molar-refractivity contribution in [2.45, 2.75) is 20.8 Å². The summed E-state index contributed by atoms with van der Waals surface area (Å²) in [6, 6.07) is 5.94. The van der Waals surface area contributed by atoms with E-state index < -0.39 is 0 Å². The quantitative estimate of drug-likeness (QED) is 0.520. The van der Waals surface area contributed by atoms with Crippen LogP contribution in [-0.2, 0) is 4.79 Å². The van der Waals surface area contributed by atoms with E-state index in [-0.39, 0.29) is 5.91 Å². The smallest absolute Gasteiger partial charge is 0.222 e. The normalized spacial score (nSPS) is 10.8. The van der Waals surface area contributed by atoms with Gasteiger partial charge in [0, 0.05) is 73.8 Å². The number of hydrogen-bond acceptors (Lipinski definition) is 7. The highest BCUT2D eigenvalue weighted by molar-refractivity contribution is 5.90. The Hall–Kier alpha value is -4.14. The summed E-state index contributed by atoms with van der Waals surface area (Å²) < 4.78 is 1.80. The van der Waals surface area contributed by atoms with E-state index in [2.05, 4.69) is 25.3 Å². The molecule has 4 heterocycles. The van der Waals surface area contributed by atoms with Crippen LogP contribution in [0.4, 0.5) is 11.6 Å². The first kappa shape index (κ1) is 21.1. The molecule has 1 N–H and O–H groups in total. The van der Waals surface area contributed by atoms with Crippen LogP contribution in [-0.4, -0.2) is 49.7 Å². The molecule has 0 radical (unpaired) electrons. The highest BCUT2D eigenvalue weighted by Crippen LogP contribution is 2.32. The Balaban J connectivity index is 1.85. The number of aromatic nitrogens is 6. The van der Waals surface area contributed by atoms with Crippen LogP contribution < -0.4 is 10.2 Å². The molecular weight excluding hydrogens is 404 g/mol. The Morgan fingerprint density at radius 1 is 0.969 bits per heavy atom. The van der Waals surface area contributed by atoms with Gasteiger partial charge in [-0.25, -0.2) is 24.6 Å². The number of nitrogens with zero attached hydrogens (tertiary/aromatic N) is 7. The SMILES string of the molecule is CC(=O)Nc1ncc(-c2cncnc2)cc1-n1nc(C)c(-c2ccc(N(C)C)nc2)c1C. The molecule has 0 spiro atoms. The van der Waals surface area contributed by atoms with Crippen LogP contribution >= 0.6 is 0 Å². The summed E-state index contributed by atoms with van der Waals surface area (Å²) in [6.07, 6.45) is 8.45. The van der Waals surface area contributed by atoms with Crippen LogP contribution in [0.15, 0.2) is 49.3 Å². The second kappa shape index (κ2) is 8.54. The zero-order chi connectivity index (χ0) is 22.8. The molecule has 0 atom stereocenters. The third-order valence-corrected chi connectivity index (χ3v) is 5.07. The molecule has 0 fully saturated rings. The van der Waals surface area contributed by atoms with Crippen molar-refractivity contribution >= 4 is 17.5 Å². The Labute approximate surface area is 186 Å². The molecule has 0 saturated carbocycles.